The van der Waals surface area contributed by atoms with Crippen LogP contribution in [0.15, 0.2) is 0 Å². The van der Waals surface area contributed by atoms with E-state index in [4.69, 9.17) is 11.5 Å². The number of nitrogens with zero attached hydrogens (tertiary/aromatic N) is 4. The molecule has 17 heavy (non-hydrogen) atoms. The van der Waals surface area contributed by atoms with Crippen molar-refractivity contribution in [1.29, 1.82) is 0 Å². The first-order valence-corrected chi connectivity index (χ1v) is 5.78. The van der Waals surface area contributed by atoms with Gasteiger partial charge < -0.3 is 16.8 Å². The summed E-state index contributed by atoms with van der Waals surface area (Å²) in [5.74, 6) is 1.00. The van der Waals surface area contributed by atoms with Crippen LogP contribution in [-0.4, -0.2) is 45.0 Å². The highest BCUT2D eigenvalue weighted by molar-refractivity contribution is 5.25. The van der Waals surface area contributed by atoms with E-state index in [0.29, 0.717) is 24.5 Å². The van der Waals surface area contributed by atoms with Crippen molar-refractivity contribution in [2.75, 3.05) is 24.6 Å². The van der Waals surface area contributed by atoms with Crippen LogP contribution in [0.2, 0.25) is 0 Å². The summed E-state index contributed by atoms with van der Waals surface area (Å²) < 4.78 is 0. The monoisotopic (exact) mass is 237 g/mol. The first-order valence-electron chi connectivity index (χ1n) is 5.78. The third kappa shape index (κ3) is 3.01. The van der Waals surface area contributed by atoms with Gasteiger partial charge in [0.2, 0.25) is 11.9 Å². The third-order valence-electron chi connectivity index (χ3n) is 2.95. The van der Waals surface area contributed by atoms with Gasteiger partial charge >= 0.3 is 0 Å². The maximum absolute atomic E-state index is 5.55. The van der Waals surface area contributed by atoms with Gasteiger partial charge in [0.15, 0.2) is 0 Å². The topological polar surface area (TPSA) is 106 Å². The number of nitrogens with two attached hydrogens (primary N) is 2. The van der Waals surface area contributed by atoms with E-state index in [9.17, 15) is 0 Å². The molecule has 0 spiro atoms. The summed E-state index contributed by atoms with van der Waals surface area (Å²) in [7, 11) is 0. The van der Waals surface area contributed by atoms with Crippen LogP contribution in [0.5, 0.6) is 0 Å². The highest BCUT2D eigenvalue weighted by Gasteiger charge is 2.23. The number of nitrogens with one attached hydrogen (secondary N) is 1. The molecule has 5 N–H and O–H groups in total. The van der Waals surface area contributed by atoms with Crippen LogP contribution < -0.4 is 16.8 Å². The minimum Gasteiger partial charge on any atom is -0.368 e. The van der Waals surface area contributed by atoms with Crippen molar-refractivity contribution >= 4 is 11.9 Å². The Hall–Kier alpha value is -1.47. The van der Waals surface area contributed by atoms with Crippen molar-refractivity contribution in [2.24, 2.45) is 0 Å². The van der Waals surface area contributed by atoms with Gasteiger partial charge in [-0.2, -0.15) is 15.0 Å². The largest absolute Gasteiger partial charge is 0.368 e. The molecule has 0 aliphatic carbocycles. The quantitative estimate of drug-likeness (QED) is 0.619. The van der Waals surface area contributed by atoms with Crippen molar-refractivity contribution in [1.82, 2.24) is 25.2 Å². The Morgan fingerprint density at radius 3 is 2.53 bits per heavy atom. The molecule has 2 unspecified atom stereocenters. The smallest absolute Gasteiger partial charge is 0.225 e. The van der Waals surface area contributed by atoms with Crippen molar-refractivity contribution < 1.29 is 0 Å². The Balaban J connectivity index is 2.08. The van der Waals surface area contributed by atoms with Gasteiger partial charge in [0.1, 0.15) is 5.82 Å². The predicted octanol–water partition coefficient (Wildman–Crippen LogP) is -0.782. The lowest BCUT2D eigenvalue weighted by Gasteiger charge is -2.36. The van der Waals surface area contributed by atoms with Gasteiger partial charge in [0.05, 0.1) is 6.54 Å². The molecule has 0 aromatic carbocycles. The fraction of sp³-hybridized carbons (Fsp3) is 0.700. The highest BCUT2D eigenvalue weighted by Crippen LogP contribution is 2.10. The highest BCUT2D eigenvalue weighted by atomic mass is 15.3. The molecule has 1 fully saturated rings. The maximum Gasteiger partial charge on any atom is 0.225 e. The first-order chi connectivity index (χ1) is 8.04. The lowest BCUT2D eigenvalue weighted by Crippen LogP contribution is -2.53. The zero-order valence-electron chi connectivity index (χ0n) is 10.2. The molecule has 2 atom stereocenters. The Morgan fingerprint density at radius 1 is 1.24 bits per heavy atom. The molecule has 0 amide bonds. The molecule has 0 bridgehead atoms. The molecule has 7 heteroatoms. The predicted molar refractivity (Wildman–Crippen MR) is 66.0 cm³/mol. The summed E-state index contributed by atoms with van der Waals surface area (Å²) in [5, 5.41) is 3.43. The van der Waals surface area contributed by atoms with Gasteiger partial charge in [-0.1, -0.05) is 0 Å². The second-order valence-electron chi connectivity index (χ2n) is 4.56. The number of rotatable bonds is 2. The van der Waals surface area contributed by atoms with Gasteiger partial charge in [0.25, 0.3) is 0 Å². The van der Waals surface area contributed by atoms with E-state index in [0.717, 1.165) is 13.1 Å². The number of aromatic nitrogens is 3. The SMILES string of the molecule is CC1CN(Cc2nc(N)nc(N)n2)C(C)CN1. The van der Waals surface area contributed by atoms with Crippen molar-refractivity contribution in [3.63, 3.8) is 0 Å². The summed E-state index contributed by atoms with van der Waals surface area (Å²) in [5.41, 5.74) is 11.1. The van der Waals surface area contributed by atoms with Crippen LogP contribution in [-0.2, 0) is 6.54 Å². The van der Waals surface area contributed by atoms with E-state index in [2.05, 4.69) is 39.0 Å². The second-order valence-corrected chi connectivity index (χ2v) is 4.56. The minimum atomic E-state index is 0.184. The van der Waals surface area contributed by atoms with E-state index in [1.807, 2.05) is 0 Å². The normalized spacial score (nSPS) is 26.0. The van der Waals surface area contributed by atoms with Gasteiger partial charge in [-0.3, -0.25) is 4.90 Å². The average molecular weight is 237 g/mol. The van der Waals surface area contributed by atoms with E-state index in [1.165, 1.54) is 0 Å². The molecular formula is C10H19N7. The van der Waals surface area contributed by atoms with Gasteiger partial charge in [-0.05, 0) is 13.8 Å². The van der Waals surface area contributed by atoms with Crippen molar-refractivity contribution in [3.8, 4) is 0 Å². The molecular weight excluding hydrogens is 218 g/mol. The number of hydrogen-bond acceptors (Lipinski definition) is 7. The number of hydrogen-bond donors (Lipinski definition) is 3. The summed E-state index contributed by atoms with van der Waals surface area (Å²) in [6.45, 7) is 6.93. The van der Waals surface area contributed by atoms with Gasteiger partial charge in [-0.15, -0.1) is 0 Å². The standard InChI is InChI=1S/C10H19N7/c1-6-4-17(7(2)3-13-6)5-8-14-9(11)16-10(12)15-8/h6-7,13H,3-5H2,1-2H3,(H4,11,12,14,15,16). The average Bonchev–Trinajstić information content (AvgIpc) is 2.22. The Bertz CT molecular complexity index is 374. The molecule has 0 radical (unpaired) electrons. The number of anilines is 2. The zero-order chi connectivity index (χ0) is 12.4. The first kappa shape index (κ1) is 12.0. The Labute approximate surface area is 101 Å². The van der Waals surface area contributed by atoms with Gasteiger partial charge in [-0.25, -0.2) is 0 Å². The van der Waals surface area contributed by atoms with Crippen LogP contribution in [0, 0.1) is 0 Å². The molecule has 7 nitrogen and oxygen atoms in total. The van der Waals surface area contributed by atoms with E-state index in [-0.39, 0.29) is 11.9 Å². The third-order valence-corrected chi connectivity index (χ3v) is 2.95. The summed E-state index contributed by atoms with van der Waals surface area (Å²) in [4.78, 5) is 14.3. The molecule has 2 heterocycles. The van der Waals surface area contributed by atoms with Crippen LogP contribution in [0.1, 0.15) is 19.7 Å². The summed E-state index contributed by atoms with van der Waals surface area (Å²) in [6.07, 6.45) is 0. The Morgan fingerprint density at radius 2 is 1.88 bits per heavy atom. The number of piperazine rings is 1. The molecule has 2 rings (SSSR count). The van der Waals surface area contributed by atoms with Crippen LogP contribution in [0.25, 0.3) is 0 Å². The molecule has 0 saturated carbocycles. The van der Waals surface area contributed by atoms with Crippen molar-refractivity contribution in [3.05, 3.63) is 5.82 Å². The Kier molecular flexibility index (Phi) is 3.39. The van der Waals surface area contributed by atoms with Crippen LogP contribution >= 0.6 is 0 Å². The molecule has 1 aliphatic rings. The van der Waals surface area contributed by atoms with E-state index in [1.54, 1.807) is 0 Å². The molecule has 1 aromatic rings. The van der Waals surface area contributed by atoms with Crippen molar-refractivity contribution in [2.45, 2.75) is 32.5 Å². The summed E-state index contributed by atoms with van der Waals surface area (Å²) >= 11 is 0. The molecule has 1 saturated heterocycles. The lowest BCUT2D eigenvalue weighted by molar-refractivity contribution is 0.135. The zero-order valence-corrected chi connectivity index (χ0v) is 10.2. The fourth-order valence-electron chi connectivity index (χ4n) is 2.03. The number of nitrogen functional groups attached to an aromatic ring is 2. The molecule has 94 valence electrons. The fourth-order valence-corrected chi connectivity index (χ4v) is 2.03. The van der Waals surface area contributed by atoms with Gasteiger partial charge in [0, 0.05) is 25.2 Å². The minimum absolute atomic E-state index is 0.184. The van der Waals surface area contributed by atoms with Crippen LogP contribution in [0.4, 0.5) is 11.9 Å². The molecule has 1 aliphatic heterocycles. The summed E-state index contributed by atoms with van der Waals surface area (Å²) in [6, 6.07) is 0.924. The lowest BCUT2D eigenvalue weighted by atomic mass is 10.1. The van der Waals surface area contributed by atoms with E-state index >= 15 is 0 Å². The second kappa shape index (κ2) is 4.80. The maximum atomic E-state index is 5.55. The van der Waals surface area contributed by atoms with Crippen LogP contribution in [0.3, 0.4) is 0 Å². The molecule has 1 aromatic heterocycles. The van der Waals surface area contributed by atoms with E-state index < -0.39 is 0 Å².